The van der Waals surface area contributed by atoms with Gasteiger partial charge >= 0.3 is 0 Å². The van der Waals surface area contributed by atoms with Crippen LogP contribution >= 0.6 is 0 Å². The number of aliphatic hydroxyl groups excluding tert-OH is 1. The van der Waals surface area contributed by atoms with Crippen LogP contribution in [0.4, 0.5) is 0 Å². The van der Waals surface area contributed by atoms with Gasteiger partial charge in [-0.3, -0.25) is 19.5 Å². The number of nitrogens with one attached hydrogen (secondary N) is 1. The molecule has 0 spiro atoms. The fourth-order valence-corrected chi connectivity index (χ4v) is 2.54. The van der Waals surface area contributed by atoms with Gasteiger partial charge in [-0.2, -0.15) is 8.42 Å². The molecule has 0 bridgehead atoms. The number of aliphatic hydroxyl groups is 1. The summed E-state index contributed by atoms with van der Waals surface area (Å²) in [5, 5.41) is 11.6. The molecule has 0 unspecified atom stereocenters. The molecule has 7 nitrogen and oxygen atoms in total. The van der Waals surface area contributed by atoms with Gasteiger partial charge in [-0.25, -0.2) is 0 Å². The molecule has 2 amide bonds. The van der Waals surface area contributed by atoms with Gasteiger partial charge in [0.15, 0.2) is 5.76 Å². The minimum Gasteiger partial charge on any atom is -0.503 e. The third-order valence-electron chi connectivity index (χ3n) is 2.76. The highest BCUT2D eigenvalue weighted by Gasteiger charge is 2.18. The normalized spacial score (nSPS) is 14.1. The lowest BCUT2D eigenvalue weighted by Gasteiger charge is -2.02. The number of carbonyl (C=O) groups is 2. The van der Waals surface area contributed by atoms with Crippen molar-refractivity contribution < 1.29 is 27.7 Å². The molecule has 2 aromatic carbocycles. The van der Waals surface area contributed by atoms with Gasteiger partial charge in [0, 0.05) is 5.39 Å². The van der Waals surface area contributed by atoms with Crippen LogP contribution in [0.2, 0.25) is 0 Å². The summed E-state index contributed by atoms with van der Waals surface area (Å²) in [4.78, 5) is 20.2. The van der Waals surface area contributed by atoms with Crippen molar-refractivity contribution in [1.82, 2.24) is 5.32 Å². The molecule has 1 aliphatic rings. The smallest absolute Gasteiger partial charge is 0.295 e. The van der Waals surface area contributed by atoms with Crippen molar-refractivity contribution in [3.8, 4) is 0 Å². The largest absolute Gasteiger partial charge is 0.503 e. The lowest BCUT2D eigenvalue weighted by Crippen LogP contribution is -2.21. The second-order valence-corrected chi connectivity index (χ2v) is 5.69. The number of imide groups is 1. The van der Waals surface area contributed by atoms with E-state index in [1.807, 2.05) is 11.4 Å². The van der Waals surface area contributed by atoms with E-state index in [2.05, 4.69) is 0 Å². The molecular weight excluding hydrogens is 310 g/mol. The second-order valence-electron chi connectivity index (χ2n) is 4.30. The number of fused-ring (bicyclic) bond motifs is 1. The average molecular weight is 321 g/mol. The number of benzene rings is 2. The van der Waals surface area contributed by atoms with E-state index >= 15 is 0 Å². The molecule has 22 heavy (non-hydrogen) atoms. The van der Waals surface area contributed by atoms with Crippen LogP contribution in [-0.4, -0.2) is 29.9 Å². The Hall–Kier alpha value is -2.71. The van der Waals surface area contributed by atoms with Crippen LogP contribution in [0, 0.1) is 0 Å². The topological polar surface area (TPSA) is 121 Å². The molecule has 1 heterocycles. The predicted octanol–water partition coefficient (Wildman–Crippen LogP) is 1.17. The first kappa shape index (κ1) is 15.7. The minimum absolute atomic E-state index is 0.0457. The zero-order valence-electron chi connectivity index (χ0n) is 11.1. The third-order valence-corrected chi connectivity index (χ3v) is 3.68. The molecule has 2 aromatic rings. The highest BCUT2D eigenvalue weighted by atomic mass is 32.2. The number of rotatable bonds is 1. The van der Waals surface area contributed by atoms with E-state index in [0.29, 0.717) is 5.39 Å². The van der Waals surface area contributed by atoms with Crippen LogP contribution in [-0.2, 0) is 19.7 Å². The highest BCUT2D eigenvalue weighted by Crippen LogP contribution is 2.21. The maximum Gasteiger partial charge on any atom is 0.295 e. The number of amides is 2. The lowest BCUT2D eigenvalue weighted by molar-refractivity contribution is -0.124. The van der Waals surface area contributed by atoms with Crippen molar-refractivity contribution >= 4 is 32.7 Å². The minimum atomic E-state index is -4.13. The van der Waals surface area contributed by atoms with E-state index in [0.717, 1.165) is 11.5 Å². The van der Waals surface area contributed by atoms with Gasteiger partial charge in [-0.15, -0.1) is 0 Å². The van der Waals surface area contributed by atoms with E-state index in [4.69, 9.17) is 9.66 Å². The molecule has 0 radical (unpaired) electrons. The molecular formula is C14H11NO6S. The van der Waals surface area contributed by atoms with Crippen molar-refractivity contribution in [2.24, 2.45) is 0 Å². The Balaban J connectivity index is 0.000000188. The summed E-state index contributed by atoms with van der Waals surface area (Å²) in [7, 11) is -4.13. The summed E-state index contributed by atoms with van der Waals surface area (Å²) in [5.41, 5.74) is 0. The highest BCUT2D eigenvalue weighted by molar-refractivity contribution is 7.86. The Bertz CT molecular complexity index is 880. The molecule has 0 aromatic heterocycles. The van der Waals surface area contributed by atoms with Crippen LogP contribution in [0.25, 0.3) is 10.8 Å². The maximum absolute atomic E-state index is 11.0. The van der Waals surface area contributed by atoms with Gasteiger partial charge in [-0.05, 0) is 11.5 Å². The monoisotopic (exact) mass is 321 g/mol. The number of carbonyl (C=O) groups excluding carboxylic acids is 2. The molecule has 8 heteroatoms. The molecule has 0 fully saturated rings. The van der Waals surface area contributed by atoms with Crippen molar-refractivity contribution in [3.05, 3.63) is 54.3 Å². The first-order valence-corrected chi connectivity index (χ1v) is 7.44. The van der Waals surface area contributed by atoms with Gasteiger partial charge in [0.2, 0.25) is 0 Å². The Labute approximate surface area is 125 Å². The number of hydrogen-bond donors (Lipinski definition) is 3. The van der Waals surface area contributed by atoms with Crippen LogP contribution in [0.3, 0.4) is 0 Å². The second kappa shape index (κ2) is 5.96. The third kappa shape index (κ3) is 3.48. The Morgan fingerprint density at radius 2 is 1.59 bits per heavy atom. The Morgan fingerprint density at radius 1 is 0.955 bits per heavy atom. The summed E-state index contributed by atoms with van der Waals surface area (Å²) in [6.07, 6.45) is 0.836. The average Bonchev–Trinajstić information content (AvgIpc) is 2.74. The quantitative estimate of drug-likeness (QED) is 0.535. The zero-order valence-corrected chi connectivity index (χ0v) is 11.9. The van der Waals surface area contributed by atoms with E-state index in [1.54, 1.807) is 30.3 Å². The molecule has 3 N–H and O–H groups in total. The molecule has 0 saturated carbocycles. The van der Waals surface area contributed by atoms with Crippen LogP contribution in [0.15, 0.2) is 59.2 Å². The standard InChI is InChI=1S/C10H8O3S.C4H3NO3/c11-14(12,13)10-7-3-5-8-4-1-2-6-9(8)10;6-2-1-3(7)5-4(2)8/h1-7H,(H,11,12,13);1H,(H2,5,6,7,8). The van der Waals surface area contributed by atoms with Gasteiger partial charge < -0.3 is 5.11 Å². The molecule has 3 rings (SSSR count). The van der Waals surface area contributed by atoms with Crippen LogP contribution in [0.1, 0.15) is 0 Å². The fraction of sp³-hybridized carbons (Fsp3) is 0. The van der Waals surface area contributed by atoms with Gasteiger partial charge in [0.25, 0.3) is 21.9 Å². The molecule has 0 aliphatic carbocycles. The van der Waals surface area contributed by atoms with Crippen molar-refractivity contribution in [1.29, 1.82) is 0 Å². The number of hydrogen-bond acceptors (Lipinski definition) is 5. The lowest BCUT2D eigenvalue weighted by atomic mass is 10.1. The van der Waals surface area contributed by atoms with Crippen molar-refractivity contribution in [2.45, 2.75) is 4.90 Å². The van der Waals surface area contributed by atoms with E-state index in [9.17, 15) is 18.0 Å². The summed E-state index contributed by atoms with van der Waals surface area (Å²) in [6.45, 7) is 0. The van der Waals surface area contributed by atoms with Crippen molar-refractivity contribution in [3.63, 3.8) is 0 Å². The summed E-state index contributed by atoms with van der Waals surface area (Å²) >= 11 is 0. The van der Waals surface area contributed by atoms with E-state index in [1.165, 1.54) is 6.07 Å². The van der Waals surface area contributed by atoms with Gasteiger partial charge in [0.1, 0.15) is 4.90 Å². The fourth-order valence-electron chi connectivity index (χ4n) is 1.82. The van der Waals surface area contributed by atoms with Crippen LogP contribution in [0.5, 0.6) is 0 Å². The molecule has 114 valence electrons. The summed E-state index contributed by atoms with van der Waals surface area (Å²) < 4.78 is 31.0. The first-order chi connectivity index (χ1) is 10.3. The summed E-state index contributed by atoms with van der Waals surface area (Å²) in [6, 6.07) is 11.8. The van der Waals surface area contributed by atoms with Gasteiger partial charge in [0.05, 0.1) is 6.08 Å². The van der Waals surface area contributed by atoms with E-state index < -0.39 is 27.7 Å². The Morgan fingerprint density at radius 3 is 2.09 bits per heavy atom. The molecule has 0 saturated heterocycles. The summed E-state index contributed by atoms with van der Waals surface area (Å²) in [5.74, 6) is -1.81. The maximum atomic E-state index is 11.0. The van der Waals surface area contributed by atoms with Crippen molar-refractivity contribution in [2.75, 3.05) is 0 Å². The molecule has 0 atom stereocenters. The van der Waals surface area contributed by atoms with Gasteiger partial charge in [-0.1, -0.05) is 36.4 Å². The molecule has 1 aliphatic heterocycles. The van der Waals surface area contributed by atoms with E-state index in [-0.39, 0.29) is 4.90 Å². The first-order valence-electron chi connectivity index (χ1n) is 6.00. The predicted molar refractivity (Wildman–Crippen MR) is 77.6 cm³/mol. The SMILES string of the molecule is O=C1C=C(O)C(=O)N1.O=S(=O)(O)c1cccc2ccccc12. The van der Waals surface area contributed by atoms with Crippen LogP contribution < -0.4 is 5.32 Å². The zero-order chi connectivity index (χ0) is 16.3. The Kier molecular flexibility index (Phi) is 4.25.